The molecule has 0 unspecified atom stereocenters. The van der Waals surface area contributed by atoms with E-state index >= 15 is 0 Å². The number of thiophene rings is 1. The Morgan fingerprint density at radius 2 is 1.10 bits per heavy atom. The van der Waals surface area contributed by atoms with Gasteiger partial charge in [0.2, 0.25) is 0 Å². The van der Waals surface area contributed by atoms with Crippen LogP contribution >= 0.6 is 11.3 Å². The summed E-state index contributed by atoms with van der Waals surface area (Å²) in [6.45, 7) is 0. The molecule has 7 aromatic carbocycles. The second-order valence-electron chi connectivity index (χ2n) is 13.3. The summed E-state index contributed by atoms with van der Waals surface area (Å²) in [5.41, 5.74) is 6.78. The molecule has 10 aromatic rings. The molecular weight excluding hydrogens is 699 g/mol. The van der Waals surface area contributed by atoms with Crippen molar-refractivity contribution in [1.29, 1.82) is 0 Å². The number of aromatic nitrogens is 3. The number of fused-ring (bicyclic) bond motifs is 10. The van der Waals surface area contributed by atoms with Crippen LogP contribution in [0.1, 0.15) is 0 Å². The molecule has 0 saturated heterocycles. The van der Waals surface area contributed by atoms with Gasteiger partial charge in [0.15, 0.2) is 0 Å². The van der Waals surface area contributed by atoms with Crippen molar-refractivity contribution in [2.75, 3.05) is 0 Å². The second-order valence-corrected chi connectivity index (χ2v) is 22.0. The average molecular weight is 728 g/mol. The van der Waals surface area contributed by atoms with E-state index in [1.165, 1.54) is 65.3 Å². The molecule has 51 heavy (non-hydrogen) atoms. The summed E-state index contributed by atoms with van der Waals surface area (Å²) in [7, 11) is 0. The molecule has 0 aliphatic carbocycles. The zero-order valence-corrected chi connectivity index (χ0v) is 30.4. The van der Waals surface area contributed by atoms with E-state index in [1.807, 2.05) is 11.3 Å². The van der Waals surface area contributed by atoms with E-state index in [4.69, 9.17) is 9.97 Å². The molecule has 0 N–H and O–H groups in total. The van der Waals surface area contributed by atoms with E-state index in [2.05, 4.69) is 180 Å². The number of benzene rings is 7. The van der Waals surface area contributed by atoms with Gasteiger partial charge in [-0.05, 0) is 0 Å². The molecule has 0 bridgehead atoms. The molecule has 0 radical (unpaired) electrons. The molecule has 0 saturated carbocycles. The van der Waals surface area contributed by atoms with Crippen molar-refractivity contribution in [3.8, 4) is 28.3 Å². The van der Waals surface area contributed by atoms with Crippen LogP contribution in [-0.4, -0.2) is 27.8 Å². The molecule has 11 rings (SSSR count). The number of rotatable bonds is 4. The first-order chi connectivity index (χ1) is 25.3. The zero-order valence-electron chi connectivity index (χ0n) is 27.5. The number of hydrogen-bond donors (Lipinski definition) is 0. The molecular formula is C46H29GeN3S. The van der Waals surface area contributed by atoms with Crippen LogP contribution in [0.3, 0.4) is 0 Å². The predicted octanol–water partition coefficient (Wildman–Crippen LogP) is 8.97. The molecule has 0 spiro atoms. The maximum atomic E-state index is 5.90. The van der Waals surface area contributed by atoms with Crippen LogP contribution in [-0.2, 0) is 0 Å². The van der Waals surface area contributed by atoms with Crippen LogP contribution in [0.2, 0.25) is 0 Å². The molecule has 1 aliphatic rings. The topological polar surface area (TPSA) is 30.7 Å². The van der Waals surface area contributed by atoms with Crippen LogP contribution in [0.25, 0.3) is 70.3 Å². The van der Waals surface area contributed by atoms with E-state index in [-0.39, 0.29) is 0 Å². The van der Waals surface area contributed by atoms with Crippen LogP contribution in [0.5, 0.6) is 0 Å². The Hall–Kier alpha value is -5.82. The average Bonchev–Trinajstić information content (AvgIpc) is 3.85. The molecule has 4 heterocycles. The van der Waals surface area contributed by atoms with Gasteiger partial charge < -0.3 is 0 Å². The third-order valence-electron chi connectivity index (χ3n) is 10.7. The van der Waals surface area contributed by atoms with E-state index in [0.717, 1.165) is 22.7 Å². The summed E-state index contributed by atoms with van der Waals surface area (Å²) < 4.78 is 10.2. The molecule has 0 amide bonds. The third-order valence-corrected chi connectivity index (χ3v) is 21.8. The second kappa shape index (κ2) is 11.1. The van der Waals surface area contributed by atoms with Gasteiger partial charge in [-0.25, -0.2) is 0 Å². The van der Waals surface area contributed by atoms with Crippen molar-refractivity contribution in [1.82, 2.24) is 14.5 Å². The van der Waals surface area contributed by atoms with Crippen molar-refractivity contribution in [2.24, 2.45) is 0 Å². The van der Waals surface area contributed by atoms with E-state index in [9.17, 15) is 0 Å². The van der Waals surface area contributed by atoms with Gasteiger partial charge in [-0.3, -0.25) is 0 Å². The Kier molecular flexibility index (Phi) is 6.30. The van der Waals surface area contributed by atoms with Crippen LogP contribution in [0.15, 0.2) is 176 Å². The van der Waals surface area contributed by atoms with Crippen LogP contribution in [0, 0.1) is 0 Å². The molecule has 3 nitrogen and oxygen atoms in total. The Bertz CT molecular complexity index is 2930. The summed E-state index contributed by atoms with van der Waals surface area (Å²) in [4.78, 5) is 11.6. The first-order valence-electron chi connectivity index (χ1n) is 17.3. The first kappa shape index (κ1) is 29.0. The first-order valence-corrected chi connectivity index (χ1v) is 22.4. The van der Waals surface area contributed by atoms with Crippen molar-refractivity contribution in [2.45, 2.75) is 0 Å². The molecule has 0 atom stereocenters. The van der Waals surface area contributed by atoms with E-state index in [1.54, 1.807) is 0 Å². The maximum absolute atomic E-state index is 5.90. The Morgan fingerprint density at radius 3 is 1.86 bits per heavy atom. The summed E-state index contributed by atoms with van der Waals surface area (Å²) in [6.07, 6.45) is 0. The number of para-hydroxylation sites is 1. The predicted molar refractivity (Wildman–Crippen MR) is 217 cm³/mol. The standard InChI is InChI=1S/C46H29GeN3S/c1-4-16-30(17-5-1)42-41-37-24-10-13-25-38(37)47(31-18-6-2-7-19-31,32-20-8-3-9-21-32)45(41)49-46(48-42)50-39-26-14-11-22-33(39)35-28-29-36-34-23-12-15-27-40(34)51-44(36)43(35)50/h1-29H. The van der Waals surface area contributed by atoms with Crippen LogP contribution < -0.4 is 17.7 Å². The van der Waals surface area contributed by atoms with Gasteiger partial charge >= 0.3 is 303 Å². The number of nitrogens with zero attached hydrogens (tertiary/aromatic N) is 3. The normalized spacial score (nSPS) is 13.3. The quantitative estimate of drug-likeness (QED) is 0.170. The Balaban J connectivity index is 1.35. The van der Waals surface area contributed by atoms with Gasteiger partial charge in [-0.15, -0.1) is 0 Å². The van der Waals surface area contributed by atoms with Gasteiger partial charge in [-0.2, -0.15) is 0 Å². The zero-order chi connectivity index (χ0) is 33.5. The van der Waals surface area contributed by atoms with Crippen molar-refractivity contribution >= 4 is 84.3 Å². The SMILES string of the molecule is c1ccc(-c2nc(-n3c4ccccc4c4ccc5c6ccccc6sc5c43)n[c]3c2-c2cccc[c]2[Ge]3([c]2ccccc2)[c]2ccccc2)cc1. The van der Waals surface area contributed by atoms with Crippen molar-refractivity contribution < 1.29 is 0 Å². The molecule has 0 fully saturated rings. The Morgan fingerprint density at radius 1 is 0.490 bits per heavy atom. The molecule has 3 aromatic heterocycles. The fraction of sp³-hybridized carbons (Fsp3) is 0. The summed E-state index contributed by atoms with van der Waals surface area (Å²) in [5.74, 6) is 0.721. The molecule has 238 valence electrons. The molecule has 5 heteroatoms. The minimum atomic E-state index is -3.70. The minimum absolute atomic E-state index is 0.721. The fourth-order valence-electron chi connectivity index (χ4n) is 8.60. The van der Waals surface area contributed by atoms with Crippen molar-refractivity contribution in [3.63, 3.8) is 0 Å². The van der Waals surface area contributed by atoms with Gasteiger partial charge in [-0.1, -0.05) is 0 Å². The fourth-order valence-corrected chi connectivity index (χ4v) is 20.3. The van der Waals surface area contributed by atoms with Crippen LogP contribution in [0.4, 0.5) is 0 Å². The van der Waals surface area contributed by atoms with Gasteiger partial charge in [0.05, 0.1) is 0 Å². The van der Waals surface area contributed by atoms with Gasteiger partial charge in [0, 0.05) is 0 Å². The molecule has 1 aliphatic heterocycles. The van der Waals surface area contributed by atoms with Gasteiger partial charge in [0.25, 0.3) is 0 Å². The third kappa shape index (κ3) is 4.00. The summed E-state index contributed by atoms with van der Waals surface area (Å²) >= 11 is -1.84. The van der Waals surface area contributed by atoms with E-state index in [0.29, 0.717) is 0 Å². The summed E-state index contributed by atoms with van der Waals surface area (Å²) in [5, 5.41) is 4.98. The van der Waals surface area contributed by atoms with Gasteiger partial charge in [0.1, 0.15) is 0 Å². The monoisotopic (exact) mass is 729 g/mol. The Labute approximate surface area is 301 Å². The van der Waals surface area contributed by atoms with E-state index < -0.39 is 13.3 Å². The number of hydrogen-bond acceptors (Lipinski definition) is 3. The van der Waals surface area contributed by atoms with Crippen molar-refractivity contribution in [3.05, 3.63) is 176 Å². The summed E-state index contributed by atoms with van der Waals surface area (Å²) in [6, 6.07) is 64.2.